The molecule has 2 saturated heterocycles. The minimum Gasteiger partial charge on any atom is -0.382 e. The summed E-state index contributed by atoms with van der Waals surface area (Å²) in [5.41, 5.74) is 7.02. The number of fused-ring (bicyclic) bond motifs is 2. The first-order chi connectivity index (χ1) is 11.5. The molecule has 24 heavy (non-hydrogen) atoms. The first-order valence-corrected chi connectivity index (χ1v) is 8.02. The Morgan fingerprint density at radius 1 is 1.25 bits per heavy atom. The number of nitrogens with two attached hydrogens (primary N) is 1. The Bertz CT molecular complexity index is 749. The van der Waals surface area contributed by atoms with Crippen molar-refractivity contribution in [2.45, 2.75) is 51.1 Å². The van der Waals surface area contributed by atoms with E-state index in [4.69, 9.17) is 24.7 Å². The average Bonchev–Trinajstić information content (AvgIpc) is 3.17. The second kappa shape index (κ2) is 5.62. The summed E-state index contributed by atoms with van der Waals surface area (Å²) in [5.74, 6) is -0.338. The lowest BCUT2D eigenvalue weighted by atomic mass is 10.1. The quantitative estimate of drug-likeness (QED) is 0.877. The van der Waals surface area contributed by atoms with Crippen LogP contribution in [0.3, 0.4) is 0 Å². The van der Waals surface area contributed by atoms with E-state index in [-0.39, 0.29) is 18.3 Å². The molecule has 2 N–H and O–H groups in total. The standard InChI is InChI=1S/C15H21N5O4/c1-4-21-5-8-10-11(24-15(2,3)23-10)14(22-8)20-7-19-9-12(16)17-6-18-13(9)20/h6-8,10-11,14H,4-5H2,1-3H3,(H2,16,17,18)/t8-,10-,11-,14-/m1/s1. The van der Waals surface area contributed by atoms with Crippen LogP contribution in [0.15, 0.2) is 12.7 Å². The van der Waals surface area contributed by atoms with Crippen molar-refractivity contribution in [3.63, 3.8) is 0 Å². The lowest BCUT2D eigenvalue weighted by Crippen LogP contribution is -2.32. The number of imidazole rings is 1. The van der Waals surface area contributed by atoms with Crippen LogP contribution in [0.2, 0.25) is 0 Å². The van der Waals surface area contributed by atoms with E-state index in [2.05, 4.69) is 15.0 Å². The molecular weight excluding hydrogens is 314 g/mol. The topological polar surface area (TPSA) is 107 Å². The number of hydrogen-bond acceptors (Lipinski definition) is 8. The minimum absolute atomic E-state index is 0.215. The van der Waals surface area contributed by atoms with Gasteiger partial charge in [-0.25, -0.2) is 15.0 Å². The van der Waals surface area contributed by atoms with Gasteiger partial charge in [0, 0.05) is 6.61 Å². The van der Waals surface area contributed by atoms with E-state index < -0.39 is 12.0 Å². The highest BCUT2D eigenvalue weighted by atomic mass is 16.8. The average molecular weight is 335 g/mol. The van der Waals surface area contributed by atoms with Crippen LogP contribution in [-0.2, 0) is 18.9 Å². The number of ether oxygens (including phenoxy) is 4. The van der Waals surface area contributed by atoms with Crippen molar-refractivity contribution in [3.8, 4) is 0 Å². The highest BCUT2D eigenvalue weighted by Gasteiger charge is 2.56. The van der Waals surface area contributed by atoms with Crippen LogP contribution in [-0.4, -0.2) is 56.8 Å². The van der Waals surface area contributed by atoms with Gasteiger partial charge in [-0.05, 0) is 20.8 Å². The second-order valence-electron chi connectivity index (χ2n) is 6.37. The summed E-state index contributed by atoms with van der Waals surface area (Å²) >= 11 is 0. The van der Waals surface area contributed by atoms with E-state index in [1.165, 1.54) is 6.33 Å². The van der Waals surface area contributed by atoms with Crippen molar-refractivity contribution < 1.29 is 18.9 Å². The van der Waals surface area contributed by atoms with Crippen molar-refractivity contribution in [2.24, 2.45) is 0 Å². The first kappa shape index (κ1) is 15.7. The maximum atomic E-state index is 6.16. The molecule has 2 aliphatic rings. The lowest BCUT2D eigenvalue weighted by molar-refractivity contribution is -0.201. The highest BCUT2D eigenvalue weighted by Crippen LogP contribution is 2.43. The van der Waals surface area contributed by atoms with Gasteiger partial charge in [0.1, 0.15) is 30.2 Å². The van der Waals surface area contributed by atoms with Crippen molar-refractivity contribution in [1.82, 2.24) is 19.5 Å². The van der Waals surface area contributed by atoms with E-state index in [0.29, 0.717) is 30.2 Å². The monoisotopic (exact) mass is 335 g/mol. The summed E-state index contributed by atoms with van der Waals surface area (Å²) in [6.07, 6.45) is 1.93. The molecule has 0 amide bonds. The molecule has 0 aromatic carbocycles. The van der Waals surface area contributed by atoms with Crippen molar-refractivity contribution in [2.75, 3.05) is 18.9 Å². The maximum absolute atomic E-state index is 6.16. The van der Waals surface area contributed by atoms with E-state index in [0.717, 1.165) is 0 Å². The van der Waals surface area contributed by atoms with Gasteiger partial charge in [-0.3, -0.25) is 4.57 Å². The van der Waals surface area contributed by atoms with Gasteiger partial charge >= 0.3 is 0 Å². The first-order valence-electron chi connectivity index (χ1n) is 8.02. The zero-order valence-electron chi connectivity index (χ0n) is 13.9. The van der Waals surface area contributed by atoms with Crippen molar-refractivity contribution >= 4 is 17.0 Å². The summed E-state index contributed by atoms with van der Waals surface area (Å²) in [6, 6.07) is 0. The summed E-state index contributed by atoms with van der Waals surface area (Å²) in [7, 11) is 0. The molecule has 0 radical (unpaired) electrons. The number of anilines is 1. The van der Waals surface area contributed by atoms with Gasteiger partial charge in [-0.15, -0.1) is 0 Å². The molecule has 4 heterocycles. The van der Waals surface area contributed by atoms with E-state index in [1.54, 1.807) is 6.33 Å². The SMILES string of the molecule is CCOC[C@H]1O[C@@H](n2cnc3c(N)ncnc32)[C@@H]2OC(C)(C)O[C@@H]21. The largest absolute Gasteiger partial charge is 0.382 e. The molecule has 4 rings (SSSR count). The molecule has 2 aliphatic heterocycles. The maximum Gasteiger partial charge on any atom is 0.167 e. The van der Waals surface area contributed by atoms with Gasteiger partial charge in [-0.2, -0.15) is 0 Å². The molecule has 0 spiro atoms. The third kappa shape index (κ3) is 2.44. The van der Waals surface area contributed by atoms with Gasteiger partial charge < -0.3 is 24.7 Å². The molecule has 0 bridgehead atoms. The number of hydrogen-bond donors (Lipinski definition) is 1. The molecule has 4 atom stereocenters. The van der Waals surface area contributed by atoms with E-state index >= 15 is 0 Å². The predicted molar refractivity (Wildman–Crippen MR) is 84.0 cm³/mol. The van der Waals surface area contributed by atoms with Gasteiger partial charge in [0.25, 0.3) is 0 Å². The minimum atomic E-state index is -0.674. The Kier molecular flexibility index (Phi) is 3.68. The van der Waals surface area contributed by atoms with Gasteiger partial charge in [0.05, 0.1) is 12.9 Å². The summed E-state index contributed by atoms with van der Waals surface area (Å²) in [6.45, 7) is 6.79. The van der Waals surface area contributed by atoms with Gasteiger partial charge in [0.15, 0.2) is 23.5 Å². The zero-order chi connectivity index (χ0) is 16.9. The van der Waals surface area contributed by atoms with Gasteiger partial charge in [-0.1, -0.05) is 0 Å². The fraction of sp³-hybridized carbons (Fsp3) is 0.667. The molecule has 0 saturated carbocycles. The molecule has 0 unspecified atom stereocenters. The molecule has 0 aliphatic carbocycles. The van der Waals surface area contributed by atoms with Crippen LogP contribution >= 0.6 is 0 Å². The van der Waals surface area contributed by atoms with Crippen molar-refractivity contribution in [3.05, 3.63) is 12.7 Å². The Morgan fingerprint density at radius 3 is 2.83 bits per heavy atom. The molecule has 2 aromatic heterocycles. The summed E-state index contributed by atoms with van der Waals surface area (Å²) in [4.78, 5) is 12.6. The molecule has 2 aromatic rings. The Morgan fingerprint density at radius 2 is 2.04 bits per heavy atom. The smallest absolute Gasteiger partial charge is 0.167 e. The van der Waals surface area contributed by atoms with Gasteiger partial charge in [0.2, 0.25) is 0 Å². The van der Waals surface area contributed by atoms with Crippen LogP contribution in [0.5, 0.6) is 0 Å². The van der Waals surface area contributed by atoms with Crippen LogP contribution in [0.25, 0.3) is 11.2 Å². The molecule has 130 valence electrons. The third-order valence-corrected chi connectivity index (χ3v) is 4.27. The number of aromatic nitrogens is 4. The predicted octanol–water partition coefficient (Wildman–Crippen LogP) is 0.862. The molecule has 9 heteroatoms. The lowest BCUT2D eigenvalue weighted by Gasteiger charge is -2.24. The number of rotatable bonds is 4. The Labute approximate surface area is 139 Å². The fourth-order valence-corrected chi connectivity index (χ4v) is 3.31. The molecule has 9 nitrogen and oxygen atoms in total. The Hall–Kier alpha value is -1.81. The highest BCUT2D eigenvalue weighted by molar-refractivity contribution is 5.81. The van der Waals surface area contributed by atoms with Crippen molar-refractivity contribution in [1.29, 1.82) is 0 Å². The molecule has 2 fully saturated rings. The fourth-order valence-electron chi connectivity index (χ4n) is 3.31. The normalized spacial score (nSPS) is 31.6. The van der Waals surface area contributed by atoms with E-state index in [9.17, 15) is 0 Å². The van der Waals surface area contributed by atoms with Crippen LogP contribution in [0.1, 0.15) is 27.0 Å². The third-order valence-electron chi connectivity index (χ3n) is 4.27. The van der Waals surface area contributed by atoms with E-state index in [1.807, 2.05) is 25.3 Å². The second-order valence-corrected chi connectivity index (χ2v) is 6.37. The summed E-state index contributed by atoms with van der Waals surface area (Å²) in [5, 5.41) is 0. The van der Waals surface area contributed by atoms with Crippen LogP contribution in [0, 0.1) is 0 Å². The number of nitrogens with zero attached hydrogens (tertiary/aromatic N) is 4. The Balaban J connectivity index is 1.70. The zero-order valence-corrected chi connectivity index (χ0v) is 13.9. The van der Waals surface area contributed by atoms with Crippen LogP contribution < -0.4 is 5.73 Å². The van der Waals surface area contributed by atoms with Crippen LogP contribution in [0.4, 0.5) is 5.82 Å². The summed E-state index contributed by atoms with van der Waals surface area (Å²) < 4.78 is 25.6. The molecular formula is C15H21N5O4. The number of nitrogen functional groups attached to an aromatic ring is 1.